The van der Waals surface area contributed by atoms with Gasteiger partial charge in [0.2, 0.25) is 0 Å². The molecule has 0 N–H and O–H groups in total. The van der Waals surface area contributed by atoms with Crippen LogP contribution in [0.25, 0.3) is 0 Å². The number of carbonyl (C=O) groups is 1. The number of nitrogens with zero attached hydrogens (tertiary/aromatic N) is 4. The van der Waals surface area contributed by atoms with E-state index in [9.17, 15) is 9.18 Å². The predicted octanol–water partition coefficient (Wildman–Crippen LogP) is 1.83. The molecule has 1 amide bonds. The molecular weight excluding hydrogens is 295 g/mol. The number of halogens is 1. The highest BCUT2D eigenvalue weighted by Crippen LogP contribution is 2.14. The average Bonchev–Trinajstić information content (AvgIpc) is 2.88. The Morgan fingerprint density at radius 3 is 2.52 bits per heavy atom. The summed E-state index contributed by atoms with van der Waals surface area (Å²) in [6.07, 6.45) is 1.77. The zero-order valence-corrected chi connectivity index (χ0v) is 13.5. The van der Waals surface area contributed by atoms with Crippen molar-refractivity contribution in [2.45, 2.75) is 13.5 Å². The number of aryl methyl sites for hydroxylation is 2. The molecule has 122 valence electrons. The number of hydrogen-bond acceptors (Lipinski definition) is 3. The fourth-order valence-corrected chi connectivity index (χ4v) is 2.96. The first kappa shape index (κ1) is 15.7. The van der Waals surface area contributed by atoms with Crippen LogP contribution >= 0.6 is 0 Å². The van der Waals surface area contributed by atoms with Crippen molar-refractivity contribution in [1.29, 1.82) is 0 Å². The van der Waals surface area contributed by atoms with Crippen LogP contribution in [0.2, 0.25) is 0 Å². The molecule has 5 nitrogen and oxygen atoms in total. The third kappa shape index (κ3) is 3.42. The molecule has 1 aromatic carbocycles. The van der Waals surface area contributed by atoms with Crippen LogP contribution in [0, 0.1) is 12.7 Å². The number of aromatic nitrogens is 2. The number of rotatable bonds is 3. The first-order valence-electron chi connectivity index (χ1n) is 7.80. The number of carbonyl (C=O) groups excluding carboxylic acids is 1. The second kappa shape index (κ2) is 6.50. The van der Waals surface area contributed by atoms with E-state index in [0.29, 0.717) is 30.8 Å². The van der Waals surface area contributed by atoms with Gasteiger partial charge in [0.15, 0.2) is 0 Å². The van der Waals surface area contributed by atoms with E-state index in [0.717, 1.165) is 18.8 Å². The summed E-state index contributed by atoms with van der Waals surface area (Å²) in [5.74, 6) is -0.141. The molecule has 0 saturated carbocycles. The maximum Gasteiger partial charge on any atom is 0.257 e. The van der Waals surface area contributed by atoms with Gasteiger partial charge in [0.25, 0.3) is 5.91 Å². The van der Waals surface area contributed by atoms with Crippen molar-refractivity contribution >= 4 is 5.91 Å². The Hall–Kier alpha value is -2.21. The highest BCUT2D eigenvalue weighted by molar-refractivity contribution is 5.95. The maximum absolute atomic E-state index is 13.7. The van der Waals surface area contributed by atoms with Crippen LogP contribution in [-0.2, 0) is 13.6 Å². The Bertz CT molecular complexity index is 704. The van der Waals surface area contributed by atoms with Crippen molar-refractivity contribution in [2.75, 3.05) is 26.2 Å². The third-order valence-electron chi connectivity index (χ3n) is 4.26. The lowest BCUT2D eigenvalue weighted by molar-refractivity contribution is 0.0626. The van der Waals surface area contributed by atoms with Crippen LogP contribution in [0.15, 0.2) is 30.5 Å². The van der Waals surface area contributed by atoms with Gasteiger partial charge in [-0.1, -0.05) is 18.2 Å². The summed E-state index contributed by atoms with van der Waals surface area (Å²) in [6, 6.07) is 6.85. The molecule has 1 aromatic heterocycles. The molecule has 0 spiro atoms. The Kier molecular flexibility index (Phi) is 4.43. The summed E-state index contributed by atoms with van der Waals surface area (Å²) in [6.45, 7) is 5.24. The molecule has 1 fully saturated rings. The summed E-state index contributed by atoms with van der Waals surface area (Å²) in [5.41, 5.74) is 2.12. The normalized spacial score (nSPS) is 15.9. The fourth-order valence-electron chi connectivity index (χ4n) is 2.96. The van der Waals surface area contributed by atoms with Gasteiger partial charge >= 0.3 is 0 Å². The molecule has 6 heteroatoms. The van der Waals surface area contributed by atoms with Crippen molar-refractivity contribution in [1.82, 2.24) is 19.6 Å². The van der Waals surface area contributed by atoms with Gasteiger partial charge in [-0.05, 0) is 13.0 Å². The van der Waals surface area contributed by atoms with Crippen molar-refractivity contribution in [3.8, 4) is 0 Å². The zero-order valence-electron chi connectivity index (χ0n) is 13.5. The Labute approximate surface area is 135 Å². The second-order valence-corrected chi connectivity index (χ2v) is 5.96. The SMILES string of the molecule is Cc1nn(C)cc1C(=O)N1CCN(Cc2ccccc2F)CC1. The molecule has 1 aliphatic heterocycles. The summed E-state index contributed by atoms with van der Waals surface area (Å²) in [7, 11) is 1.82. The minimum absolute atomic E-state index is 0.0288. The monoisotopic (exact) mass is 316 g/mol. The second-order valence-electron chi connectivity index (χ2n) is 5.96. The van der Waals surface area contributed by atoms with E-state index in [2.05, 4.69) is 10.00 Å². The van der Waals surface area contributed by atoms with E-state index < -0.39 is 0 Å². The third-order valence-corrected chi connectivity index (χ3v) is 4.26. The van der Waals surface area contributed by atoms with Gasteiger partial charge in [-0.25, -0.2) is 4.39 Å². The lowest BCUT2D eigenvalue weighted by Crippen LogP contribution is -2.48. The smallest absolute Gasteiger partial charge is 0.257 e. The predicted molar refractivity (Wildman–Crippen MR) is 85.5 cm³/mol. The first-order valence-corrected chi connectivity index (χ1v) is 7.80. The van der Waals surface area contributed by atoms with Crippen molar-refractivity contribution < 1.29 is 9.18 Å². The van der Waals surface area contributed by atoms with Crippen LogP contribution < -0.4 is 0 Å². The Balaban J connectivity index is 1.59. The summed E-state index contributed by atoms with van der Waals surface area (Å²) in [4.78, 5) is 16.6. The van der Waals surface area contributed by atoms with E-state index in [1.54, 1.807) is 16.9 Å². The molecule has 0 unspecified atom stereocenters. The molecule has 2 heterocycles. The minimum atomic E-state index is -0.169. The van der Waals surface area contributed by atoms with Crippen LogP contribution in [0.1, 0.15) is 21.6 Å². The van der Waals surface area contributed by atoms with Gasteiger partial charge in [0.05, 0.1) is 11.3 Å². The van der Waals surface area contributed by atoms with Gasteiger partial charge in [0, 0.05) is 51.5 Å². The molecule has 0 aliphatic carbocycles. The average molecular weight is 316 g/mol. The quantitative estimate of drug-likeness (QED) is 0.867. The van der Waals surface area contributed by atoms with Crippen molar-refractivity contribution in [2.24, 2.45) is 7.05 Å². The lowest BCUT2D eigenvalue weighted by Gasteiger charge is -2.34. The summed E-state index contributed by atoms with van der Waals surface area (Å²) < 4.78 is 15.4. The maximum atomic E-state index is 13.7. The standard InChI is InChI=1S/C17H21FN4O/c1-13-15(12-20(2)19-13)17(23)22-9-7-21(8-10-22)11-14-5-3-4-6-16(14)18/h3-6,12H,7-11H2,1-2H3. The minimum Gasteiger partial charge on any atom is -0.336 e. The van der Waals surface area contributed by atoms with E-state index >= 15 is 0 Å². The molecule has 1 saturated heterocycles. The largest absolute Gasteiger partial charge is 0.336 e. The first-order chi connectivity index (χ1) is 11.0. The molecule has 3 rings (SSSR count). The number of benzene rings is 1. The van der Waals surface area contributed by atoms with E-state index in [1.807, 2.05) is 31.0 Å². The van der Waals surface area contributed by atoms with Gasteiger partial charge in [-0.15, -0.1) is 0 Å². The number of hydrogen-bond donors (Lipinski definition) is 0. The van der Waals surface area contributed by atoms with Gasteiger partial charge in [-0.2, -0.15) is 5.10 Å². The Morgan fingerprint density at radius 2 is 1.91 bits per heavy atom. The topological polar surface area (TPSA) is 41.4 Å². The summed E-state index contributed by atoms with van der Waals surface area (Å²) in [5, 5.41) is 4.22. The van der Waals surface area contributed by atoms with Crippen LogP contribution in [0.5, 0.6) is 0 Å². The van der Waals surface area contributed by atoms with Crippen molar-refractivity contribution in [3.63, 3.8) is 0 Å². The highest BCUT2D eigenvalue weighted by atomic mass is 19.1. The molecular formula is C17H21FN4O. The van der Waals surface area contributed by atoms with E-state index in [-0.39, 0.29) is 11.7 Å². The van der Waals surface area contributed by atoms with E-state index in [4.69, 9.17) is 0 Å². The molecule has 0 radical (unpaired) electrons. The number of piperazine rings is 1. The highest BCUT2D eigenvalue weighted by Gasteiger charge is 2.24. The van der Waals surface area contributed by atoms with Crippen molar-refractivity contribution in [3.05, 3.63) is 53.1 Å². The van der Waals surface area contributed by atoms with Gasteiger partial charge < -0.3 is 4.90 Å². The van der Waals surface area contributed by atoms with Crippen LogP contribution in [0.3, 0.4) is 0 Å². The molecule has 1 aliphatic rings. The van der Waals surface area contributed by atoms with Crippen LogP contribution in [0.4, 0.5) is 4.39 Å². The van der Waals surface area contributed by atoms with Crippen LogP contribution in [-0.4, -0.2) is 51.7 Å². The Morgan fingerprint density at radius 1 is 1.22 bits per heavy atom. The van der Waals surface area contributed by atoms with Gasteiger partial charge in [0.1, 0.15) is 5.82 Å². The molecule has 0 atom stereocenters. The lowest BCUT2D eigenvalue weighted by atomic mass is 10.1. The summed E-state index contributed by atoms with van der Waals surface area (Å²) >= 11 is 0. The molecule has 0 bridgehead atoms. The molecule has 23 heavy (non-hydrogen) atoms. The zero-order chi connectivity index (χ0) is 16.4. The number of amides is 1. The van der Waals surface area contributed by atoms with Gasteiger partial charge in [-0.3, -0.25) is 14.4 Å². The van der Waals surface area contributed by atoms with E-state index in [1.165, 1.54) is 6.07 Å². The molecule has 2 aromatic rings. The fraction of sp³-hybridized carbons (Fsp3) is 0.412.